The molecule has 0 aliphatic carbocycles. The highest BCUT2D eigenvalue weighted by atomic mass is 16.1. The fourth-order valence-corrected chi connectivity index (χ4v) is 3.30. The van der Waals surface area contributed by atoms with Crippen molar-refractivity contribution >= 4 is 22.5 Å². The average Bonchev–Trinajstić information content (AvgIpc) is 3.14. The van der Waals surface area contributed by atoms with Gasteiger partial charge in [0, 0.05) is 5.56 Å². The third-order valence-electron chi connectivity index (χ3n) is 4.61. The first-order valence-corrected chi connectivity index (χ1v) is 8.80. The van der Waals surface area contributed by atoms with Crippen LogP contribution >= 0.6 is 0 Å². The van der Waals surface area contributed by atoms with Gasteiger partial charge in [0.2, 0.25) is 17.4 Å². The fraction of sp³-hybridized carbons (Fsp3) is 0. The number of aromatic nitrogens is 4. The van der Waals surface area contributed by atoms with Crippen molar-refractivity contribution in [2.75, 3.05) is 0 Å². The van der Waals surface area contributed by atoms with Gasteiger partial charge in [0.05, 0.1) is 16.6 Å². The predicted octanol–water partition coefficient (Wildman–Crippen LogP) is 3.26. The molecule has 2 heterocycles. The Balaban J connectivity index is 1.91. The van der Waals surface area contributed by atoms with E-state index in [1.165, 1.54) is 4.68 Å². The molecule has 0 unspecified atom stereocenters. The number of carbonyl (C=O) groups is 1. The lowest BCUT2D eigenvalue weighted by Gasteiger charge is -2.04. The number of rotatable bonds is 3. The highest BCUT2D eigenvalue weighted by Gasteiger charge is 2.22. The van der Waals surface area contributed by atoms with E-state index in [0.717, 1.165) is 0 Å². The number of para-hydroxylation sites is 2. The standard InChI is InChI=1S/C22H14N4O2/c27-19(15-9-3-1-4-10-15)20-24-26(16-11-5-2-6-12-16)22-23-21(28)17-13-7-8-14-18(17)25(20)22/h1-14H. The maximum absolute atomic E-state index is 13.2. The molecule has 0 fully saturated rings. The van der Waals surface area contributed by atoms with Crippen molar-refractivity contribution in [3.05, 3.63) is 107 Å². The van der Waals surface area contributed by atoms with Gasteiger partial charge in [0.25, 0.3) is 5.56 Å². The lowest BCUT2D eigenvalue weighted by atomic mass is 10.1. The van der Waals surface area contributed by atoms with E-state index in [9.17, 15) is 9.59 Å². The van der Waals surface area contributed by atoms with Gasteiger partial charge in [-0.25, -0.2) is 0 Å². The normalized spacial score (nSPS) is 11.1. The maximum atomic E-state index is 13.2. The second-order valence-electron chi connectivity index (χ2n) is 6.34. The smallest absolute Gasteiger partial charge is 0.282 e. The quantitative estimate of drug-likeness (QED) is 0.460. The summed E-state index contributed by atoms with van der Waals surface area (Å²) in [7, 11) is 0. The molecule has 0 spiro atoms. The molecule has 0 bridgehead atoms. The third kappa shape index (κ3) is 2.43. The first kappa shape index (κ1) is 16.1. The summed E-state index contributed by atoms with van der Waals surface area (Å²) in [4.78, 5) is 30.0. The molecule has 3 aromatic carbocycles. The van der Waals surface area contributed by atoms with E-state index in [1.807, 2.05) is 42.5 Å². The van der Waals surface area contributed by atoms with Crippen LogP contribution in [0.3, 0.4) is 0 Å². The molecular formula is C22H14N4O2. The molecular weight excluding hydrogens is 352 g/mol. The van der Waals surface area contributed by atoms with Gasteiger partial charge in [-0.2, -0.15) is 9.67 Å². The van der Waals surface area contributed by atoms with Crippen LogP contribution < -0.4 is 5.56 Å². The Morgan fingerprint density at radius 2 is 1.43 bits per heavy atom. The van der Waals surface area contributed by atoms with Gasteiger partial charge in [-0.3, -0.25) is 14.0 Å². The molecule has 0 aliphatic heterocycles. The number of nitrogens with zero attached hydrogens (tertiary/aromatic N) is 4. The number of benzene rings is 3. The molecule has 0 atom stereocenters. The van der Waals surface area contributed by atoms with Gasteiger partial charge in [-0.15, -0.1) is 5.10 Å². The van der Waals surface area contributed by atoms with Crippen molar-refractivity contribution in [3.63, 3.8) is 0 Å². The van der Waals surface area contributed by atoms with Gasteiger partial charge in [-0.05, 0) is 24.3 Å². The van der Waals surface area contributed by atoms with E-state index in [4.69, 9.17) is 0 Å². The minimum absolute atomic E-state index is 0.203. The summed E-state index contributed by atoms with van der Waals surface area (Å²) in [5, 5.41) is 5.00. The summed E-state index contributed by atoms with van der Waals surface area (Å²) >= 11 is 0. The van der Waals surface area contributed by atoms with E-state index in [0.29, 0.717) is 27.9 Å². The van der Waals surface area contributed by atoms with Crippen LogP contribution in [-0.4, -0.2) is 24.9 Å². The predicted molar refractivity (Wildman–Crippen MR) is 106 cm³/mol. The number of hydrogen-bond donors (Lipinski definition) is 0. The van der Waals surface area contributed by atoms with Crippen molar-refractivity contribution in [1.29, 1.82) is 0 Å². The Bertz CT molecular complexity index is 1390. The molecule has 2 aromatic heterocycles. The zero-order valence-corrected chi connectivity index (χ0v) is 14.7. The van der Waals surface area contributed by atoms with E-state index in [2.05, 4.69) is 10.1 Å². The largest absolute Gasteiger partial charge is 0.285 e. The molecule has 5 aromatic rings. The van der Waals surface area contributed by atoms with Crippen LogP contribution in [0.1, 0.15) is 16.2 Å². The number of fused-ring (bicyclic) bond motifs is 3. The second-order valence-corrected chi connectivity index (χ2v) is 6.34. The molecule has 6 heteroatoms. The Kier molecular flexibility index (Phi) is 3.62. The lowest BCUT2D eigenvalue weighted by molar-refractivity contribution is 0.102. The Hall–Kier alpha value is -4.06. The fourth-order valence-electron chi connectivity index (χ4n) is 3.30. The lowest BCUT2D eigenvalue weighted by Crippen LogP contribution is -2.13. The Labute approximate surface area is 159 Å². The summed E-state index contributed by atoms with van der Waals surface area (Å²) in [6, 6.07) is 25.4. The number of ketones is 1. The van der Waals surface area contributed by atoms with Crippen molar-refractivity contribution in [1.82, 2.24) is 19.2 Å². The zero-order valence-electron chi connectivity index (χ0n) is 14.7. The molecule has 0 saturated carbocycles. The molecule has 5 rings (SSSR count). The first-order chi connectivity index (χ1) is 13.7. The topological polar surface area (TPSA) is 69.3 Å². The molecule has 0 saturated heterocycles. The molecule has 0 amide bonds. The molecule has 28 heavy (non-hydrogen) atoms. The van der Waals surface area contributed by atoms with Crippen molar-refractivity contribution in [2.45, 2.75) is 0 Å². The zero-order chi connectivity index (χ0) is 19.1. The van der Waals surface area contributed by atoms with E-state index < -0.39 is 0 Å². The maximum Gasteiger partial charge on any atom is 0.282 e. The number of hydrogen-bond acceptors (Lipinski definition) is 4. The number of carbonyl (C=O) groups excluding carboxylic acids is 1. The molecule has 134 valence electrons. The summed E-state index contributed by atoms with van der Waals surface area (Å²) < 4.78 is 3.18. The van der Waals surface area contributed by atoms with Gasteiger partial charge in [0.1, 0.15) is 0 Å². The van der Waals surface area contributed by atoms with E-state index in [1.54, 1.807) is 46.9 Å². The van der Waals surface area contributed by atoms with Gasteiger partial charge in [0.15, 0.2) is 0 Å². The SMILES string of the molecule is O=C(c1ccccc1)c1nn(-c2ccccc2)c2nc(=O)c3ccccc3n12. The van der Waals surface area contributed by atoms with Crippen LogP contribution in [0.25, 0.3) is 22.4 Å². The van der Waals surface area contributed by atoms with Crippen molar-refractivity contribution < 1.29 is 4.79 Å². The Morgan fingerprint density at radius 3 is 2.18 bits per heavy atom. The average molecular weight is 366 g/mol. The van der Waals surface area contributed by atoms with Gasteiger partial charge in [-0.1, -0.05) is 60.7 Å². The summed E-state index contributed by atoms with van der Waals surface area (Å²) in [5.74, 6) is 0.263. The highest BCUT2D eigenvalue weighted by Crippen LogP contribution is 2.19. The molecule has 0 aliphatic rings. The highest BCUT2D eigenvalue weighted by molar-refractivity contribution is 6.07. The second kappa shape index (κ2) is 6.28. The van der Waals surface area contributed by atoms with Crippen LogP contribution in [0.2, 0.25) is 0 Å². The monoisotopic (exact) mass is 366 g/mol. The summed E-state index contributed by atoms with van der Waals surface area (Å²) in [5.41, 5.74) is 1.48. The van der Waals surface area contributed by atoms with Crippen LogP contribution in [-0.2, 0) is 0 Å². The summed E-state index contributed by atoms with van der Waals surface area (Å²) in [6.45, 7) is 0. The van der Waals surface area contributed by atoms with Gasteiger partial charge >= 0.3 is 0 Å². The molecule has 0 radical (unpaired) electrons. The minimum atomic E-state index is -0.355. The van der Waals surface area contributed by atoms with Crippen LogP contribution in [0.5, 0.6) is 0 Å². The molecule has 0 N–H and O–H groups in total. The van der Waals surface area contributed by atoms with Crippen LogP contribution in [0, 0.1) is 0 Å². The summed E-state index contributed by atoms with van der Waals surface area (Å²) in [6.07, 6.45) is 0. The van der Waals surface area contributed by atoms with Crippen LogP contribution in [0.15, 0.2) is 89.7 Å². The minimum Gasteiger partial charge on any atom is -0.285 e. The third-order valence-corrected chi connectivity index (χ3v) is 4.61. The van der Waals surface area contributed by atoms with Crippen molar-refractivity contribution in [2.24, 2.45) is 0 Å². The van der Waals surface area contributed by atoms with Crippen molar-refractivity contribution in [3.8, 4) is 5.69 Å². The van der Waals surface area contributed by atoms with Gasteiger partial charge < -0.3 is 0 Å². The first-order valence-electron chi connectivity index (χ1n) is 8.80. The van der Waals surface area contributed by atoms with Crippen LogP contribution in [0.4, 0.5) is 0 Å². The van der Waals surface area contributed by atoms with E-state index in [-0.39, 0.29) is 17.2 Å². The Morgan fingerprint density at radius 1 is 0.786 bits per heavy atom. The molecule has 6 nitrogen and oxygen atoms in total. The van der Waals surface area contributed by atoms with E-state index >= 15 is 0 Å².